The number of ether oxygens (including phenoxy) is 1. The first-order valence-corrected chi connectivity index (χ1v) is 6.74. The minimum atomic E-state index is -0.640. The van der Waals surface area contributed by atoms with Crippen molar-refractivity contribution in [3.8, 4) is 0 Å². The molecule has 112 valence electrons. The predicted molar refractivity (Wildman–Crippen MR) is 82.2 cm³/mol. The largest absolute Gasteiger partial charge is 0.452 e. The molecule has 0 bridgehead atoms. The lowest BCUT2D eigenvalue weighted by atomic mass is 10.1. The summed E-state index contributed by atoms with van der Waals surface area (Å²) in [6, 6.07) is 12.5. The van der Waals surface area contributed by atoms with Gasteiger partial charge in [0, 0.05) is 16.3 Å². The van der Waals surface area contributed by atoms with Crippen molar-refractivity contribution in [2.45, 2.75) is 0 Å². The van der Waals surface area contributed by atoms with Crippen molar-refractivity contribution in [1.82, 2.24) is 0 Å². The van der Waals surface area contributed by atoms with Crippen LogP contribution in [0.3, 0.4) is 0 Å². The van der Waals surface area contributed by atoms with Crippen molar-refractivity contribution >= 4 is 35.5 Å². The Kier molecular flexibility index (Phi) is 5.27. The first-order chi connectivity index (χ1) is 10.6. The van der Waals surface area contributed by atoms with Gasteiger partial charge in [0.05, 0.1) is 5.56 Å². The number of amides is 1. The van der Waals surface area contributed by atoms with Gasteiger partial charge in [0.25, 0.3) is 5.91 Å². The fraction of sp³-hybridized carbons (Fsp3) is 0.0625. The Morgan fingerprint density at radius 1 is 1.14 bits per heavy atom. The van der Waals surface area contributed by atoms with Gasteiger partial charge in [0.15, 0.2) is 6.61 Å². The molecule has 0 spiro atoms. The van der Waals surface area contributed by atoms with Crippen molar-refractivity contribution in [2.75, 3.05) is 11.9 Å². The number of halogens is 1. The topological polar surface area (TPSA) is 72.5 Å². The van der Waals surface area contributed by atoms with E-state index in [1.807, 2.05) is 0 Å². The Labute approximate surface area is 131 Å². The van der Waals surface area contributed by atoms with E-state index in [2.05, 4.69) is 5.32 Å². The van der Waals surface area contributed by atoms with Gasteiger partial charge in [0.2, 0.25) is 0 Å². The second kappa shape index (κ2) is 7.38. The van der Waals surface area contributed by atoms with Gasteiger partial charge in [-0.3, -0.25) is 9.59 Å². The number of nitrogens with one attached hydrogen (secondary N) is 1. The fourth-order valence-electron chi connectivity index (χ4n) is 1.68. The van der Waals surface area contributed by atoms with Crippen LogP contribution in [-0.2, 0) is 9.53 Å². The fourth-order valence-corrected chi connectivity index (χ4v) is 1.87. The number of rotatable bonds is 5. The van der Waals surface area contributed by atoms with Gasteiger partial charge >= 0.3 is 5.97 Å². The third kappa shape index (κ3) is 4.43. The number of esters is 1. The molecule has 0 aromatic heterocycles. The summed E-state index contributed by atoms with van der Waals surface area (Å²) in [5.74, 6) is -1.11. The van der Waals surface area contributed by atoms with Crippen LogP contribution >= 0.6 is 11.6 Å². The molecule has 0 saturated heterocycles. The summed E-state index contributed by atoms with van der Waals surface area (Å²) in [4.78, 5) is 33.9. The highest BCUT2D eigenvalue weighted by Crippen LogP contribution is 2.14. The van der Waals surface area contributed by atoms with Crippen LogP contribution in [0.15, 0.2) is 48.5 Å². The van der Waals surface area contributed by atoms with E-state index >= 15 is 0 Å². The van der Waals surface area contributed by atoms with Crippen molar-refractivity contribution < 1.29 is 19.1 Å². The molecule has 0 saturated carbocycles. The number of aldehydes is 1. The summed E-state index contributed by atoms with van der Waals surface area (Å²) >= 11 is 5.80. The molecule has 6 heteroatoms. The van der Waals surface area contributed by atoms with E-state index in [9.17, 15) is 14.4 Å². The maximum absolute atomic E-state index is 11.7. The molecule has 0 radical (unpaired) electrons. The maximum Gasteiger partial charge on any atom is 0.338 e. The van der Waals surface area contributed by atoms with Crippen molar-refractivity contribution in [3.63, 3.8) is 0 Å². The van der Waals surface area contributed by atoms with Crippen LogP contribution < -0.4 is 5.32 Å². The second-order valence-corrected chi connectivity index (χ2v) is 4.81. The Bertz CT molecular complexity index is 698. The van der Waals surface area contributed by atoms with Crippen LogP contribution in [0.2, 0.25) is 5.02 Å². The molecular weight excluding hydrogens is 306 g/mol. The molecular formula is C16H12ClNO4. The first-order valence-electron chi connectivity index (χ1n) is 6.36. The Balaban J connectivity index is 1.87. The summed E-state index contributed by atoms with van der Waals surface area (Å²) in [7, 11) is 0. The molecule has 0 heterocycles. The van der Waals surface area contributed by atoms with Crippen molar-refractivity contribution in [3.05, 3.63) is 64.7 Å². The van der Waals surface area contributed by atoms with E-state index in [-0.39, 0.29) is 5.56 Å². The number of hydrogen-bond donors (Lipinski definition) is 1. The number of hydrogen-bond acceptors (Lipinski definition) is 4. The van der Waals surface area contributed by atoms with Crippen molar-refractivity contribution in [1.29, 1.82) is 0 Å². The second-order valence-electron chi connectivity index (χ2n) is 4.37. The number of carbonyl (C=O) groups is 3. The average Bonchev–Trinajstić information content (AvgIpc) is 2.52. The quantitative estimate of drug-likeness (QED) is 0.679. The molecule has 1 amide bonds. The van der Waals surface area contributed by atoms with Crippen LogP contribution in [0.25, 0.3) is 0 Å². The lowest BCUT2D eigenvalue weighted by Crippen LogP contribution is -2.20. The molecule has 2 aromatic carbocycles. The standard InChI is InChI=1S/C16H12ClNO4/c17-13-2-1-3-14(8-13)18-15(20)10-22-16(21)12-6-4-11(9-19)5-7-12/h1-9H,10H2,(H,18,20). The van der Waals surface area contributed by atoms with Crippen LogP contribution in [-0.4, -0.2) is 24.8 Å². The van der Waals surface area contributed by atoms with Crippen molar-refractivity contribution in [2.24, 2.45) is 0 Å². The van der Waals surface area contributed by atoms with Gasteiger partial charge in [-0.1, -0.05) is 29.8 Å². The zero-order chi connectivity index (χ0) is 15.9. The minimum Gasteiger partial charge on any atom is -0.452 e. The SMILES string of the molecule is O=Cc1ccc(C(=O)OCC(=O)Nc2cccc(Cl)c2)cc1. The van der Waals surface area contributed by atoms with E-state index in [1.165, 1.54) is 24.3 Å². The molecule has 5 nitrogen and oxygen atoms in total. The number of carbonyl (C=O) groups excluding carboxylic acids is 3. The predicted octanol–water partition coefficient (Wildman–Crippen LogP) is 2.95. The Morgan fingerprint density at radius 2 is 1.86 bits per heavy atom. The Hall–Kier alpha value is -2.66. The molecule has 0 aliphatic carbocycles. The van der Waals surface area contributed by atoms with E-state index in [1.54, 1.807) is 24.3 Å². The van der Waals surface area contributed by atoms with Crippen LogP contribution in [0.4, 0.5) is 5.69 Å². The average molecular weight is 318 g/mol. The van der Waals surface area contributed by atoms with Gasteiger partial charge in [-0.2, -0.15) is 0 Å². The summed E-state index contributed by atoms with van der Waals surface area (Å²) in [6.07, 6.45) is 0.674. The highest BCUT2D eigenvalue weighted by atomic mass is 35.5. The van der Waals surface area contributed by atoms with Gasteiger partial charge in [0.1, 0.15) is 6.29 Å². The molecule has 1 N–H and O–H groups in total. The molecule has 2 aromatic rings. The molecule has 2 rings (SSSR count). The molecule has 0 aliphatic rings. The van der Waals surface area contributed by atoms with Crippen LogP contribution in [0.5, 0.6) is 0 Å². The molecule has 0 fully saturated rings. The zero-order valence-corrected chi connectivity index (χ0v) is 12.2. The third-order valence-electron chi connectivity index (χ3n) is 2.73. The summed E-state index contributed by atoms with van der Waals surface area (Å²) in [6.45, 7) is -0.416. The minimum absolute atomic E-state index is 0.265. The van der Waals surface area contributed by atoms with E-state index in [0.29, 0.717) is 22.6 Å². The zero-order valence-electron chi connectivity index (χ0n) is 11.4. The number of benzene rings is 2. The summed E-state index contributed by atoms with van der Waals surface area (Å²) in [5, 5.41) is 3.05. The highest BCUT2D eigenvalue weighted by molar-refractivity contribution is 6.30. The monoisotopic (exact) mass is 317 g/mol. The molecule has 0 atom stereocenters. The first kappa shape index (κ1) is 15.7. The van der Waals surface area contributed by atoms with Crippen LogP contribution in [0.1, 0.15) is 20.7 Å². The third-order valence-corrected chi connectivity index (χ3v) is 2.96. The van der Waals surface area contributed by atoms with Crippen LogP contribution in [0, 0.1) is 0 Å². The molecule has 0 aliphatic heterocycles. The lowest BCUT2D eigenvalue weighted by molar-refractivity contribution is -0.119. The Morgan fingerprint density at radius 3 is 2.50 bits per heavy atom. The summed E-state index contributed by atoms with van der Waals surface area (Å²) in [5.41, 5.74) is 1.24. The van der Waals surface area contributed by atoms with E-state index in [0.717, 1.165) is 0 Å². The maximum atomic E-state index is 11.7. The van der Waals surface area contributed by atoms with Gasteiger partial charge in [-0.05, 0) is 30.3 Å². The van der Waals surface area contributed by atoms with Gasteiger partial charge in [-0.25, -0.2) is 4.79 Å². The highest BCUT2D eigenvalue weighted by Gasteiger charge is 2.10. The van der Waals surface area contributed by atoms with Gasteiger partial charge < -0.3 is 10.1 Å². The smallest absolute Gasteiger partial charge is 0.338 e. The molecule has 0 unspecified atom stereocenters. The number of anilines is 1. The summed E-state index contributed by atoms with van der Waals surface area (Å²) < 4.78 is 4.89. The lowest BCUT2D eigenvalue weighted by Gasteiger charge is -2.07. The van der Waals surface area contributed by atoms with E-state index in [4.69, 9.17) is 16.3 Å². The van der Waals surface area contributed by atoms with Gasteiger partial charge in [-0.15, -0.1) is 0 Å². The van der Waals surface area contributed by atoms with E-state index < -0.39 is 18.5 Å². The molecule has 22 heavy (non-hydrogen) atoms. The normalized spacial score (nSPS) is 9.86.